The van der Waals surface area contributed by atoms with Crippen LogP contribution in [0, 0.1) is 5.92 Å². The molecule has 0 spiro atoms. The van der Waals surface area contributed by atoms with Crippen molar-refractivity contribution in [1.82, 2.24) is 5.32 Å². The monoisotopic (exact) mass is 355 g/mol. The van der Waals surface area contributed by atoms with E-state index in [-0.39, 0.29) is 13.2 Å². The number of nitrogens with one attached hydrogen (secondary N) is 1. The van der Waals surface area contributed by atoms with Crippen LogP contribution in [0.15, 0.2) is 12.1 Å². The molecule has 1 aliphatic rings. The summed E-state index contributed by atoms with van der Waals surface area (Å²) in [6.07, 6.45) is 0.400. The van der Waals surface area contributed by atoms with E-state index in [4.69, 9.17) is 26.2 Å². The van der Waals surface area contributed by atoms with E-state index >= 15 is 0 Å². The zero-order chi connectivity index (χ0) is 17.9. The summed E-state index contributed by atoms with van der Waals surface area (Å²) >= 11 is 6.32. The lowest BCUT2D eigenvalue weighted by atomic mass is 10.1. The van der Waals surface area contributed by atoms with Crippen LogP contribution in [-0.2, 0) is 22.4 Å². The number of ether oxygens (including phenoxy) is 2. The van der Waals surface area contributed by atoms with E-state index in [1.54, 1.807) is 26.8 Å². The van der Waals surface area contributed by atoms with Crippen molar-refractivity contribution in [1.29, 1.82) is 0 Å². The van der Waals surface area contributed by atoms with Crippen LogP contribution in [-0.4, -0.2) is 35.9 Å². The highest BCUT2D eigenvalue weighted by Gasteiger charge is 2.29. The molecule has 132 valence electrons. The molecule has 0 heterocycles. The Labute approximate surface area is 146 Å². The van der Waals surface area contributed by atoms with Gasteiger partial charge >= 0.3 is 12.1 Å². The van der Waals surface area contributed by atoms with Gasteiger partial charge in [0.15, 0.2) is 0 Å². The summed E-state index contributed by atoms with van der Waals surface area (Å²) in [6.45, 7) is 5.88. The number of carbonyl (C=O) groups excluding carboxylic acids is 1. The van der Waals surface area contributed by atoms with Crippen molar-refractivity contribution in [3.63, 3.8) is 0 Å². The molecule has 0 aliphatic heterocycles. The van der Waals surface area contributed by atoms with Gasteiger partial charge in [-0.2, -0.15) is 0 Å². The first-order valence-corrected chi connectivity index (χ1v) is 8.18. The van der Waals surface area contributed by atoms with Crippen molar-refractivity contribution in [2.75, 3.05) is 13.2 Å². The summed E-state index contributed by atoms with van der Waals surface area (Å²) < 4.78 is 10.7. The van der Waals surface area contributed by atoms with Crippen LogP contribution >= 0.6 is 11.6 Å². The highest BCUT2D eigenvalue weighted by atomic mass is 35.5. The number of rotatable bonds is 5. The normalized spacial score (nSPS) is 16.4. The van der Waals surface area contributed by atoms with Gasteiger partial charge in [0.1, 0.15) is 18.0 Å². The molecule has 1 aromatic rings. The van der Waals surface area contributed by atoms with Crippen LogP contribution in [0.3, 0.4) is 0 Å². The minimum Gasteiger partial charge on any atom is -0.490 e. The zero-order valence-electron chi connectivity index (χ0n) is 14.0. The summed E-state index contributed by atoms with van der Waals surface area (Å²) in [5.41, 5.74) is 1.24. The second-order valence-electron chi connectivity index (χ2n) is 6.74. The topological polar surface area (TPSA) is 84.9 Å². The predicted molar refractivity (Wildman–Crippen MR) is 89.7 cm³/mol. The highest BCUT2D eigenvalue weighted by Crippen LogP contribution is 2.38. The molecule has 2 rings (SSSR count). The van der Waals surface area contributed by atoms with Gasteiger partial charge in [-0.05, 0) is 50.8 Å². The van der Waals surface area contributed by atoms with Crippen LogP contribution in [0.4, 0.5) is 4.79 Å². The average Bonchev–Trinajstić information content (AvgIpc) is 2.89. The largest absolute Gasteiger partial charge is 0.490 e. The highest BCUT2D eigenvalue weighted by molar-refractivity contribution is 6.33. The number of benzene rings is 1. The molecule has 0 radical (unpaired) electrons. The Morgan fingerprint density at radius 1 is 1.33 bits per heavy atom. The van der Waals surface area contributed by atoms with Crippen LogP contribution in [0.1, 0.15) is 31.9 Å². The van der Waals surface area contributed by atoms with Crippen LogP contribution in [0.2, 0.25) is 5.02 Å². The van der Waals surface area contributed by atoms with E-state index in [0.717, 1.165) is 11.1 Å². The minimum atomic E-state index is -0.814. The lowest BCUT2D eigenvalue weighted by Crippen LogP contribution is -2.34. The molecule has 1 unspecified atom stereocenters. The third kappa shape index (κ3) is 4.77. The van der Waals surface area contributed by atoms with Crippen LogP contribution < -0.4 is 10.1 Å². The molecule has 1 aliphatic carbocycles. The Kier molecular flexibility index (Phi) is 5.59. The number of fused-ring (bicyclic) bond motifs is 1. The number of halogens is 1. The van der Waals surface area contributed by atoms with Crippen LogP contribution in [0.5, 0.6) is 5.75 Å². The Balaban J connectivity index is 1.86. The molecule has 7 heteroatoms. The number of aliphatic carboxylic acids is 1. The maximum atomic E-state index is 11.5. The number of carbonyl (C=O) groups is 2. The molecule has 24 heavy (non-hydrogen) atoms. The number of hydrogen-bond donors (Lipinski definition) is 2. The second-order valence-corrected chi connectivity index (χ2v) is 7.11. The number of carboxylic acids is 1. The van der Waals surface area contributed by atoms with E-state index < -0.39 is 23.6 Å². The van der Waals surface area contributed by atoms with Gasteiger partial charge in [0.2, 0.25) is 0 Å². The first-order valence-electron chi connectivity index (χ1n) is 7.80. The summed E-state index contributed by atoms with van der Waals surface area (Å²) in [5.74, 6) is -0.750. The van der Waals surface area contributed by atoms with E-state index in [0.29, 0.717) is 23.6 Å². The van der Waals surface area contributed by atoms with Crippen molar-refractivity contribution in [2.24, 2.45) is 5.92 Å². The van der Waals surface area contributed by atoms with E-state index in [1.807, 2.05) is 6.07 Å². The fourth-order valence-corrected chi connectivity index (χ4v) is 2.87. The fourth-order valence-electron chi connectivity index (χ4n) is 2.55. The molecule has 1 atom stereocenters. The summed E-state index contributed by atoms with van der Waals surface area (Å²) in [6, 6.07) is 3.58. The lowest BCUT2D eigenvalue weighted by Gasteiger charge is -2.19. The first-order chi connectivity index (χ1) is 11.2. The molecular formula is C17H22ClNO5. The Morgan fingerprint density at radius 3 is 2.67 bits per heavy atom. The van der Waals surface area contributed by atoms with Crippen molar-refractivity contribution in [3.05, 3.63) is 28.3 Å². The third-order valence-electron chi connectivity index (χ3n) is 3.60. The van der Waals surface area contributed by atoms with Gasteiger partial charge in [-0.25, -0.2) is 4.79 Å². The average molecular weight is 356 g/mol. The van der Waals surface area contributed by atoms with E-state index in [1.165, 1.54) is 0 Å². The van der Waals surface area contributed by atoms with Gasteiger partial charge in [0, 0.05) is 0 Å². The minimum absolute atomic E-state index is 0.236. The molecule has 0 saturated heterocycles. The number of amides is 1. The Morgan fingerprint density at radius 2 is 2.04 bits per heavy atom. The SMILES string of the molecule is CC(C)(C)OC(=O)NCCOc1ccc2c(c1Cl)CC(C(=O)O)C2. The van der Waals surface area contributed by atoms with Gasteiger partial charge in [-0.3, -0.25) is 4.79 Å². The van der Waals surface area contributed by atoms with Crippen molar-refractivity contribution >= 4 is 23.7 Å². The Bertz CT molecular complexity index is 639. The smallest absolute Gasteiger partial charge is 0.407 e. The van der Waals surface area contributed by atoms with Gasteiger partial charge in [-0.15, -0.1) is 0 Å². The van der Waals surface area contributed by atoms with Crippen LogP contribution in [0.25, 0.3) is 0 Å². The molecule has 0 saturated carbocycles. The van der Waals surface area contributed by atoms with Gasteiger partial charge in [0.25, 0.3) is 0 Å². The standard InChI is InChI=1S/C17H22ClNO5/c1-17(2,3)24-16(22)19-6-7-23-13-5-4-10-8-11(15(20)21)9-12(10)14(13)18/h4-5,11H,6-9H2,1-3H3,(H,19,22)(H,20,21). The van der Waals surface area contributed by atoms with E-state index in [9.17, 15) is 9.59 Å². The maximum absolute atomic E-state index is 11.5. The predicted octanol–water partition coefficient (Wildman–Crippen LogP) is 3.04. The Hall–Kier alpha value is -1.95. The summed E-state index contributed by atoms with van der Waals surface area (Å²) in [7, 11) is 0. The second kappa shape index (κ2) is 7.30. The molecule has 0 aromatic heterocycles. The quantitative estimate of drug-likeness (QED) is 0.793. The van der Waals surface area contributed by atoms with Gasteiger partial charge < -0.3 is 19.9 Å². The fraction of sp³-hybridized carbons (Fsp3) is 0.529. The van der Waals surface area contributed by atoms with Gasteiger partial charge in [-0.1, -0.05) is 17.7 Å². The molecular weight excluding hydrogens is 334 g/mol. The maximum Gasteiger partial charge on any atom is 0.407 e. The lowest BCUT2D eigenvalue weighted by molar-refractivity contribution is -0.141. The third-order valence-corrected chi connectivity index (χ3v) is 4.01. The number of hydrogen-bond acceptors (Lipinski definition) is 4. The molecule has 0 fully saturated rings. The molecule has 1 aromatic carbocycles. The first kappa shape index (κ1) is 18.4. The van der Waals surface area contributed by atoms with E-state index in [2.05, 4.69) is 5.32 Å². The molecule has 0 bridgehead atoms. The van der Waals surface area contributed by atoms with Crippen molar-refractivity contribution in [3.8, 4) is 5.75 Å². The van der Waals surface area contributed by atoms with Crippen molar-refractivity contribution < 1.29 is 24.2 Å². The number of alkyl carbamates (subject to hydrolysis) is 1. The number of carboxylic acid groups (broad SMARTS) is 1. The molecule has 6 nitrogen and oxygen atoms in total. The molecule has 2 N–H and O–H groups in total. The summed E-state index contributed by atoms with van der Waals surface area (Å²) in [5, 5.41) is 12.2. The molecule has 1 amide bonds. The van der Waals surface area contributed by atoms with Crippen molar-refractivity contribution in [2.45, 2.75) is 39.2 Å². The zero-order valence-corrected chi connectivity index (χ0v) is 14.8. The summed E-state index contributed by atoms with van der Waals surface area (Å²) in [4.78, 5) is 22.6. The van der Waals surface area contributed by atoms with Gasteiger partial charge in [0.05, 0.1) is 17.5 Å².